The molecule has 21 nitrogen and oxygen atoms in total. The summed E-state index contributed by atoms with van der Waals surface area (Å²) < 4.78 is 116. The lowest BCUT2D eigenvalue weighted by atomic mass is 10.1. The number of carboxylic acids is 2. The van der Waals surface area contributed by atoms with Crippen molar-refractivity contribution in [3.05, 3.63) is 144 Å². The first-order chi connectivity index (χ1) is 37.2. The molecule has 0 aliphatic carbocycles. The van der Waals surface area contributed by atoms with Crippen LogP contribution in [0.5, 0.6) is 0 Å². The number of carboxylic acid groups (broad SMARTS) is 2. The van der Waals surface area contributed by atoms with E-state index in [1.54, 1.807) is 60.7 Å². The molecule has 6 aromatic rings. The fraction of sp³-hybridized carbons (Fsp3) is 0.235. The van der Waals surface area contributed by atoms with Crippen LogP contribution in [0.15, 0.2) is 127 Å². The Bertz CT molecular complexity index is 2990. The number of halogens is 3. The Morgan fingerprint density at radius 3 is 1.29 bits per heavy atom. The minimum absolute atomic E-state index is 0.0598. The number of rotatable bonds is 26. The Morgan fingerprint density at radius 2 is 0.897 bits per heavy atom. The van der Waals surface area contributed by atoms with Crippen LogP contribution >= 0.6 is 0 Å². The zero-order valence-electron chi connectivity index (χ0n) is 41.9. The zero-order valence-corrected chi connectivity index (χ0v) is 44.4. The number of carbonyl (C=O) groups is 3. The van der Waals surface area contributed by atoms with Crippen LogP contribution < -0.4 is 46.5 Å². The molecule has 3 unspecified atom stereocenters. The second-order valence-corrected chi connectivity index (χ2v) is 18.4. The highest BCUT2D eigenvalue weighted by Gasteiger charge is 2.26. The van der Waals surface area contributed by atoms with E-state index in [1.165, 1.54) is 24.3 Å². The number of hydrogen-bond donors (Lipinski definition) is 11. The molecule has 0 amide bonds. The first-order valence-electron chi connectivity index (χ1n) is 23.7. The summed E-state index contributed by atoms with van der Waals surface area (Å²) >= 11 is -7.89. The summed E-state index contributed by atoms with van der Waals surface area (Å²) in [5, 5.41) is 33.4. The number of aromatic carboxylic acids is 2. The standard InChI is InChI=1S/C21H29N3O4S.C17H18F3N3O4S.C13H13N3O4S/c1-3-5-12-22-18-14-16(21(25)28-13-6-4-2)15-19(24-29(26)27)20(18)23-17-10-8-7-9-11-17;18-17(19,20)7-4-8-21-13-9-11(16(24)25)10-14(23-28(26)27)15(13)22-12-5-2-1-3-6-12;14-10-6-8(13(17)18)7-11(16-21(19)20)12(10)15-9-4-2-1-3-5-9/h7-11,14-15,22-24H,3-6,12-13H2,1-2H3,(H,26,27);1-3,5-6,9-10,21-23H,4,7-8H2,(H,24,25)(H,26,27);1-7,15-16H,14H2,(H,17,18)(H,19,20)/p-3. The Kier molecular flexibility index (Phi) is 25.6. The van der Waals surface area contributed by atoms with Crippen LogP contribution in [0.25, 0.3) is 0 Å². The molecule has 6 rings (SSSR count). The van der Waals surface area contributed by atoms with Gasteiger partial charge in [0.05, 0.1) is 74.5 Å². The van der Waals surface area contributed by atoms with Gasteiger partial charge in [-0.25, -0.2) is 14.4 Å². The number of nitrogen functional groups attached to an aromatic ring is 1. The number of alkyl halides is 3. The van der Waals surface area contributed by atoms with Gasteiger partial charge in [-0.1, -0.05) is 81.3 Å². The van der Waals surface area contributed by atoms with Crippen LogP contribution in [0, 0.1) is 0 Å². The van der Waals surface area contributed by atoms with Gasteiger partial charge in [-0.2, -0.15) is 13.2 Å². The molecule has 27 heteroatoms. The van der Waals surface area contributed by atoms with Crippen molar-refractivity contribution in [2.75, 3.05) is 66.2 Å². The molecule has 0 spiro atoms. The minimum atomic E-state index is -4.30. The number of anilines is 12. The number of carbonyl (C=O) groups excluding carboxylic acids is 1. The minimum Gasteiger partial charge on any atom is -0.755 e. The van der Waals surface area contributed by atoms with E-state index in [4.69, 9.17) is 15.6 Å². The van der Waals surface area contributed by atoms with Gasteiger partial charge < -0.3 is 75.1 Å². The maximum absolute atomic E-state index is 12.5. The molecule has 0 saturated carbocycles. The summed E-state index contributed by atoms with van der Waals surface area (Å²) in [6.45, 7) is 5.02. The quantitative estimate of drug-likeness (QED) is 0.0104. The maximum atomic E-state index is 12.5. The molecule has 3 atom stereocenters. The molecule has 420 valence electrons. The molecular weight excluding hydrogens is 1080 g/mol. The predicted octanol–water partition coefficient (Wildman–Crippen LogP) is 10.8. The third kappa shape index (κ3) is 22.0. The average Bonchev–Trinajstić information content (AvgIpc) is 3.41. The van der Waals surface area contributed by atoms with Crippen molar-refractivity contribution < 1.29 is 68.8 Å². The average molecular weight is 1140 g/mol. The molecule has 12 N–H and O–H groups in total. The monoisotopic (exact) mass is 1140 g/mol. The molecule has 0 aliphatic heterocycles. The first kappa shape index (κ1) is 62.6. The number of nitrogens with two attached hydrogens (primary N) is 1. The van der Waals surface area contributed by atoms with Gasteiger partial charge in [-0.15, -0.1) is 0 Å². The van der Waals surface area contributed by atoms with Crippen molar-refractivity contribution in [1.29, 1.82) is 0 Å². The van der Waals surface area contributed by atoms with Crippen molar-refractivity contribution in [2.24, 2.45) is 0 Å². The van der Waals surface area contributed by atoms with Crippen molar-refractivity contribution in [2.45, 2.75) is 58.5 Å². The Labute approximate surface area is 455 Å². The van der Waals surface area contributed by atoms with Gasteiger partial charge in [0.2, 0.25) is 0 Å². The number of benzene rings is 6. The van der Waals surface area contributed by atoms with Crippen molar-refractivity contribution in [3.63, 3.8) is 0 Å². The van der Waals surface area contributed by atoms with Crippen molar-refractivity contribution in [3.8, 4) is 0 Å². The van der Waals surface area contributed by atoms with Gasteiger partial charge >= 0.3 is 24.1 Å². The van der Waals surface area contributed by atoms with Gasteiger partial charge in [0.25, 0.3) is 0 Å². The second-order valence-electron chi connectivity index (χ2n) is 16.4. The molecule has 0 saturated heterocycles. The van der Waals surface area contributed by atoms with Crippen LogP contribution in [-0.2, 0) is 38.5 Å². The van der Waals surface area contributed by atoms with Gasteiger partial charge in [0, 0.05) is 70.4 Å². The third-order valence-corrected chi connectivity index (χ3v) is 11.6. The normalized spacial score (nSPS) is 11.8. The first-order valence-corrected chi connectivity index (χ1v) is 26.9. The van der Waals surface area contributed by atoms with E-state index in [9.17, 15) is 58.9 Å². The van der Waals surface area contributed by atoms with E-state index in [2.05, 4.69) is 47.7 Å². The summed E-state index contributed by atoms with van der Waals surface area (Å²) in [4.78, 5) is 34.8. The van der Waals surface area contributed by atoms with Crippen LogP contribution in [0.3, 0.4) is 0 Å². The largest absolute Gasteiger partial charge is 0.755 e. The fourth-order valence-corrected chi connectivity index (χ4v) is 7.84. The van der Waals surface area contributed by atoms with E-state index >= 15 is 0 Å². The molecule has 6 aromatic carbocycles. The molecule has 0 aromatic heterocycles. The van der Waals surface area contributed by atoms with Crippen LogP contribution in [0.4, 0.5) is 81.4 Å². The number of esters is 1. The Morgan fingerprint density at radius 1 is 0.538 bits per heavy atom. The number of para-hydroxylation sites is 3. The lowest BCUT2D eigenvalue weighted by Crippen LogP contribution is -2.13. The summed E-state index contributed by atoms with van der Waals surface area (Å²) in [5.74, 6) is -3.00. The second kappa shape index (κ2) is 31.9. The molecule has 0 aliphatic rings. The molecular formula is C51H57F3N9O12S3-3. The van der Waals surface area contributed by atoms with E-state index in [1.807, 2.05) is 43.3 Å². The highest BCUT2D eigenvalue weighted by atomic mass is 32.2. The van der Waals surface area contributed by atoms with Gasteiger partial charge in [0.1, 0.15) is 0 Å². The summed E-state index contributed by atoms with van der Waals surface area (Å²) in [6.07, 6.45) is -1.91. The lowest BCUT2D eigenvalue weighted by molar-refractivity contribution is -0.134. The highest BCUT2D eigenvalue weighted by Crippen LogP contribution is 2.38. The smallest absolute Gasteiger partial charge is 0.389 e. The molecule has 78 heavy (non-hydrogen) atoms. The predicted molar refractivity (Wildman–Crippen MR) is 297 cm³/mol. The van der Waals surface area contributed by atoms with E-state index < -0.39 is 64.3 Å². The number of nitrogens with one attached hydrogen (secondary N) is 8. The van der Waals surface area contributed by atoms with Crippen LogP contribution in [0.2, 0.25) is 0 Å². The van der Waals surface area contributed by atoms with E-state index in [0.29, 0.717) is 35.9 Å². The lowest BCUT2D eigenvalue weighted by Gasteiger charge is -2.21. The summed E-state index contributed by atoms with van der Waals surface area (Å²) in [6, 6.07) is 34.9. The number of ether oxygens (including phenoxy) is 1. The van der Waals surface area contributed by atoms with Crippen LogP contribution in [0.1, 0.15) is 83.4 Å². The third-order valence-electron chi connectivity index (χ3n) is 10.4. The SMILES string of the molecule is CCCCNc1cc(C(=O)OCCCC)cc(NS(=O)[O-])c1Nc1ccccc1.Nc1cc(C(=O)O)cc(NS(=O)[O-])c1Nc1ccccc1.O=C(O)c1cc(NCCCC(F)(F)F)c(Nc2ccccc2)c(NS(=O)[O-])c1. The van der Waals surface area contributed by atoms with E-state index in [-0.39, 0.29) is 69.5 Å². The Hall–Kier alpha value is -7.95. The number of hydrogen-bond acceptors (Lipinski definition) is 16. The fourth-order valence-electron chi connectivity index (χ4n) is 6.81. The van der Waals surface area contributed by atoms with Crippen LogP contribution in [-0.4, -0.2) is 80.3 Å². The zero-order chi connectivity index (χ0) is 57.2. The van der Waals surface area contributed by atoms with Gasteiger partial charge in [-0.05, 0) is 92.1 Å². The number of unbranched alkanes of at least 4 members (excludes halogenated alkanes) is 2. The molecule has 0 heterocycles. The Balaban J connectivity index is 0.000000256. The van der Waals surface area contributed by atoms with Gasteiger partial charge in [0.15, 0.2) is 0 Å². The van der Waals surface area contributed by atoms with Gasteiger partial charge in [-0.3, -0.25) is 12.6 Å². The summed E-state index contributed by atoms with van der Waals surface area (Å²) in [5.41, 5.74) is 9.99. The van der Waals surface area contributed by atoms with E-state index in [0.717, 1.165) is 37.4 Å². The summed E-state index contributed by atoms with van der Waals surface area (Å²) in [7, 11) is 0. The maximum Gasteiger partial charge on any atom is 0.389 e. The molecule has 0 radical (unpaired) electrons. The molecule has 0 bridgehead atoms. The van der Waals surface area contributed by atoms with Crippen molar-refractivity contribution in [1.82, 2.24) is 0 Å². The molecule has 0 fully saturated rings. The highest BCUT2D eigenvalue weighted by molar-refractivity contribution is 7.81. The topological polar surface area (TPSA) is 344 Å². The van der Waals surface area contributed by atoms with Crippen molar-refractivity contribution >= 4 is 120 Å².